The van der Waals surface area contributed by atoms with Gasteiger partial charge in [0.15, 0.2) is 0 Å². The molecule has 0 saturated carbocycles. The van der Waals surface area contributed by atoms with Gasteiger partial charge in [0.2, 0.25) is 0 Å². The lowest BCUT2D eigenvalue weighted by atomic mass is 10.2. The van der Waals surface area contributed by atoms with E-state index in [1.165, 1.54) is 12.1 Å². The van der Waals surface area contributed by atoms with Crippen molar-refractivity contribution < 1.29 is 4.39 Å². The summed E-state index contributed by atoms with van der Waals surface area (Å²) >= 11 is 0. The van der Waals surface area contributed by atoms with Crippen LogP contribution in [0.4, 0.5) is 10.1 Å². The zero-order valence-electron chi connectivity index (χ0n) is 11.0. The molecule has 0 aliphatic carbocycles. The van der Waals surface area contributed by atoms with E-state index in [9.17, 15) is 4.39 Å². The topological polar surface area (TPSA) is 29.9 Å². The smallest absolute Gasteiger partial charge is 0.125 e. The lowest BCUT2D eigenvalue weighted by Crippen LogP contribution is -2.01. The molecule has 4 heteroatoms. The molecule has 18 heavy (non-hydrogen) atoms. The van der Waals surface area contributed by atoms with E-state index < -0.39 is 0 Å². The molecule has 96 valence electrons. The molecule has 0 bridgehead atoms. The molecule has 2 aromatic rings. The van der Waals surface area contributed by atoms with E-state index >= 15 is 0 Å². The first-order valence-electron chi connectivity index (χ1n) is 6.11. The molecule has 0 unspecified atom stereocenters. The summed E-state index contributed by atoms with van der Waals surface area (Å²) in [6.07, 6.45) is 2.90. The monoisotopic (exact) mass is 247 g/mol. The molecule has 1 heterocycles. The van der Waals surface area contributed by atoms with Gasteiger partial charge in [-0.2, -0.15) is 5.10 Å². The molecule has 1 N–H and O–H groups in total. The molecule has 0 aliphatic rings. The Morgan fingerprint density at radius 3 is 2.78 bits per heavy atom. The van der Waals surface area contributed by atoms with Gasteiger partial charge in [-0.25, -0.2) is 4.39 Å². The third kappa shape index (κ3) is 2.88. The van der Waals surface area contributed by atoms with Gasteiger partial charge >= 0.3 is 0 Å². The van der Waals surface area contributed by atoms with E-state index in [-0.39, 0.29) is 5.82 Å². The van der Waals surface area contributed by atoms with Crippen LogP contribution in [0.1, 0.15) is 23.7 Å². The van der Waals surface area contributed by atoms with Gasteiger partial charge in [-0.15, -0.1) is 0 Å². The highest BCUT2D eigenvalue weighted by molar-refractivity contribution is 5.46. The fourth-order valence-electron chi connectivity index (χ4n) is 2.06. The van der Waals surface area contributed by atoms with Crippen LogP contribution < -0.4 is 5.32 Å². The molecule has 0 radical (unpaired) electrons. The number of halogens is 1. The minimum absolute atomic E-state index is 0.209. The van der Waals surface area contributed by atoms with Gasteiger partial charge in [0, 0.05) is 31.0 Å². The quantitative estimate of drug-likeness (QED) is 0.900. The van der Waals surface area contributed by atoms with E-state index in [2.05, 4.69) is 17.3 Å². The van der Waals surface area contributed by atoms with E-state index in [4.69, 9.17) is 0 Å². The molecule has 3 nitrogen and oxygen atoms in total. The van der Waals surface area contributed by atoms with Gasteiger partial charge in [-0.1, -0.05) is 6.92 Å². The van der Waals surface area contributed by atoms with Crippen LogP contribution in [0.3, 0.4) is 0 Å². The van der Waals surface area contributed by atoms with Crippen LogP contribution in [0, 0.1) is 12.7 Å². The number of benzene rings is 1. The minimum Gasteiger partial charge on any atom is -0.381 e. The molecule has 0 aliphatic heterocycles. The summed E-state index contributed by atoms with van der Waals surface area (Å²) in [5, 5.41) is 7.62. The van der Waals surface area contributed by atoms with Crippen molar-refractivity contribution in [2.75, 3.05) is 5.32 Å². The molecule has 1 aromatic carbocycles. The number of hydrogen-bond acceptors (Lipinski definition) is 2. The van der Waals surface area contributed by atoms with Crippen LogP contribution in [-0.4, -0.2) is 9.78 Å². The third-order valence-corrected chi connectivity index (χ3v) is 2.85. The van der Waals surface area contributed by atoms with Crippen LogP contribution >= 0.6 is 0 Å². The van der Waals surface area contributed by atoms with Gasteiger partial charge < -0.3 is 5.32 Å². The van der Waals surface area contributed by atoms with Crippen LogP contribution in [0.15, 0.2) is 24.4 Å². The zero-order valence-corrected chi connectivity index (χ0v) is 11.0. The number of rotatable bonds is 4. The van der Waals surface area contributed by atoms with Gasteiger partial charge in [0.25, 0.3) is 0 Å². The predicted molar refractivity (Wildman–Crippen MR) is 71.0 cm³/mol. The molecule has 1 aromatic heterocycles. The minimum atomic E-state index is -0.209. The lowest BCUT2D eigenvalue weighted by Gasteiger charge is -2.07. The average Bonchev–Trinajstić information content (AvgIpc) is 2.66. The number of aromatic nitrogens is 2. The second-order valence-electron chi connectivity index (χ2n) is 4.50. The summed E-state index contributed by atoms with van der Waals surface area (Å²) in [7, 11) is 1.91. The normalized spacial score (nSPS) is 10.7. The molecule has 0 amide bonds. The predicted octanol–water partition coefficient (Wildman–Crippen LogP) is 3.04. The molecular formula is C14H18FN3. The van der Waals surface area contributed by atoms with Crippen molar-refractivity contribution >= 4 is 5.69 Å². The van der Waals surface area contributed by atoms with Crippen molar-refractivity contribution in [3.63, 3.8) is 0 Å². The summed E-state index contributed by atoms with van der Waals surface area (Å²) in [5.41, 5.74) is 3.96. The highest BCUT2D eigenvalue weighted by atomic mass is 19.1. The second-order valence-corrected chi connectivity index (χ2v) is 4.50. The first kappa shape index (κ1) is 12.6. The van der Waals surface area contributed by atoms with Crippen LogP contribution in [0.2, 0.25) is 0 Å². The first-order chi connectivity index (χ1) is 8.58. The second kappa shape index (κ2) is 5.21. The zero-order chi connectivity index (χ0) is 13.1. The van der Waals surface area contributed by atoms with Gasteiger partial charge in [0.05, 0.1) is 5.69 Å². The molecular weight excluding hydrogens is 229 g/mol. The molecule has 0 atom stereocenters. The Morgan fingerprint density at radius 1 is 1.33 bits per heavy atom. The Bertz CT molecular complexity index is 526. The van der Waals surface area contributed by atoms with Crippen LogP contribution in [-0.2, 0) is 20.0 Å². The van der Waals surface area contributed by atoms with Gasteiger partial charge in [-0.05, 0) is 37.1 Å². The fraction of sp³-hybridized carbons (Fsp3) is 0.357. The van der Waals surface area contributed by atoms with Crippen LogP contribution in [0.25, 0.3) is 0 Å². The maximum Gasteiger partial charge on any atom is 0.125 e. The number of nitrogens with one attached hydrogen (secondary N) is 1. The van der Waals surface area contributed by atoms with E-state index in [0.717, 1.165) is 28.9 Å². The Balaban J connectivity index is 2.11. The Labute approximate surface area is 107 Å². The maximum atomic E-state index is 13.2. The lowest BCUT2D eigenvalue weighted by molar-refractivity contribution is 0.627. The fourth-order valence-corrected chi connectivity index (χ4v) is 2.06. The maximum absolute atomic E-state index is 13.2. The number of aryl methyl sites for hydroxylation is 3. The SMILES string of the molecule is CCc1nn(C)cc1CNc1cc(C)cc(F)c1. The first-order valence-corrected chi connectivity index (χ1v) is 6.11. The Hall–Kier alpha value is -1.84. The number of anilines is 1. The molecule has 0 saturated heterocycles. The van der Waals surface area contributed by atoms with Crippen molar-refractivity contribution in [1.82, 2.24) is 9.78 Å². The van der Waals surface area contributed by atoms with Crippen molar-refractivity contribution in [1.29, 1.82) is 0 Å². The third-order valence-electron chi connectivity index (χ3n) is 2.85. The van der Waals surface area contributed by atoms with Crippen molar-refractivity contribution in [3.05, 3.63) is 47.0 Å². The number of hydrogen-bond donors (Lipinski definition) is 1. The number of nitrogens with zero attached hydrogens (tertiary/aromatic N) is 2. The Morgan fingerprint density at radius 2 is 2.11 bits per heavy atom. The van der Waals surface area contributed by atoms with E-state index in [1.807, 2.05) is 30.9 Å². The summed E-state index contributed by atoms with van der Waals surface area (Å²) in [6.45, 7) is 4.63. The van der Waals surface area contributed by atoms with E-state index in [0.29, 0.717) is 6.54 Å². The molecule has 0 spiro atoms. The Kier molecular flexibility index (Phi) is 3.65. The van der Waals surface area contributed by atoms with Crippen molar-refractivity contribution in [2.45, 2.75) is 26.8 Å². The van der Waals surface area contributed by atoms with Crippen molar-refractivity contribution in [3.8, 4) is 0 Å². The molecule has 2 rings (SSSR count). The van der Waals surface area contributed by atoms with Gasteiger partial charge in [-0.3, -0.25) is 4.68 Å². The summed E-state index contributed by atoms with van der Waals surface area (Å²) < 4.78 is 15.1. The van der Waals surface area contributed by atoms with E-state index in [1.54, 1.807) is 0 Å². The summed E-state index contributed by atoms with van der Waals surface area (Å²) in [4.78, 5) is 0. The summed E-state index contributed by atoms with van der Waals surface area (Å²) in [5.74, 6) is -0.209. The highest BCUT2D eigenvalue weighted by Gasteiger charge is 2.05. The average molecular weight is 247 g/mol. The standard InChI is InChI=1S/C14H18FN3/c1-4-14-11(9-18(3)17-14)8-16-13-6-10(2)5-12(15)7-13/h5-7,9,16H,4,8H2,1-3H3. The van der Waals surface area contributed by atoms with Crippen molar-refractivity contribution in [2.24, 2.45) is 7.05 Å². The summed E-state index contributed by atoms with van der Waals surface area (Å²) in [6, 6.07) is 4.97. The highest BCUT2D eigenvalue weighted by Crippen LogP contribution is 2.15. The molecule has 0 fully saturated rings. The largest absolute Gasteiger partial charge is 0.381 e. The van der Waals surface area contributed by atoms with Crippen LogP contribution in [0.5, 0.6) is 0 Å². The van der Waals surface area contributed by atoms with Gasteiger partial charge in [0.1, 0.15) is 5.82 Å².